The maximum absolute atomic E-state index is 11.2. The molecule has 0 heterocycles. The molecule has 6 heteroatoms. The molecule has 0 saturated heterocycles. The molecule has 0 rings (SSSR count). The summed E-state index contributed by atoms with van der Waals surface area (Å²) in [4.78, 5) is 0. The average molecular weight is 417 g/mol. The van der Waals surface area contributed by atoms with Gasteiger partial charge in [0.15, 0.2) is 0 Å². The fraction of sp³-hybridized carbons (Fsp3) is 1.00. The fourth-order valence-electron chi connectivity index (χ4n) is 3.32. The van der Waals surface area contributed by atoms with Gasteiger partial charge in [-0.15, -0.1) is 0 Å². The summed E-state index contributed by atoms with van der Waals surface area (Å²) < 4.78 is 33.5. The summed E-state index contributed by atoms with van der Waals surface area (Å²) in [6.07, 6.45) is 16.1. The van der Waals surface area contributed by atoms with Gasteiger partial charge in [-0.1, -0.05) is 90.9 Å². The first-order valence-electron chi connectivity index (χ1n) is 10.5. The summed E-state index contributed by atoms with van der Waals surface area (Å²) >= 11 is 0. The molecule has 2 atom stereocenters. The number of hydrogen-bond acceptors (Lipinski definition) is 4. The topological polar surface area (TPSA) is 77.4 Å². The Labute approximate surface area is 205 Å². The monoisotopic (exact) mass is 416 g/mol. The van der Waals surface area contributed by atoms with Gasteiger partial charge in [0.1, 0.15) is 0 Å². The molecule has 0 aromatic rings. The van der Waals surface area contributed by atoms with Gasteiger partial charge in [0.05, 0.1) is 16.2 Å². The molecule has 0 amide bonds. The number of aliphatic hydroxyl groups is 1. The third kappa shape index (κ3) is 18.9. The normalized spacial score (nSPS) is 14.0. The van der Waals surface area contributed by atoms with Crippen LogP contribution in [-0.2, 0) is 10.1 Å². The SMILES string of the molecule is CCCCCCCCCCCCCC(O)CCC(CCC)S(=O)(=O)[O-].[K+]. The van der Waals surface area contributed by atoms with Crippen molar-refractivity contribution in [1.29, 1.82) is 0 Å². The van der Waals surface area contributed by atoms with E-state index in [0.29, 0.717) is 25.7 Å². The van der Waals surface area contributed by atoms with Crippen LogP contribution in [0.25, 0.3) is 0 Å². The first kappa shape index (κ1) is 29.7. The predicted octanol–water partition coefficient (Wildman–Crippen LogP) is 2.55. The Bertz CT molecular complexity index is 387. The van der Waals surface area contributed by atoms with E-state index in [1.54, 1.807) is 0 Å². The predicted molar refractivity (Wildman–Crippen MR) is 105 cm³/mol. The zero-order chi connectivity index (χ0) is 19.0. The van der Waals surface area contributed by atoms with Gasteiger partial charge in [0.25, 0.3) is 0 Å². The third-order valence-corrected chi connectivity index (χ3v) is 6.27. The molecular formula is C20H41KO4S. The number of unbranched alkanes of at least 4 members (excludes halogenated alkanes) is 10. The van der Waals surface area contributed by atoms with Gasteiger partial charge in [-0.05, 0) is 25.7 Å². The number of rotatable bonds is 18. The third-order valence-electron chi connectivity index (χ3n) is 4.98. The van der Waals surface area contributed by atoms with Crippen LogP contribution in [0.2, 0.25) is 0 Å². The Kier molecular flexibility index (Phi) is 22.6. The quantitative estimate of drug-likeness (QED) is 0.212. The van der Waals surface area contributed by atoms with Crippen LogP contribution in [0.3, 0.4) is 0 Å². The Hall–Kier alpha value is 1.51. The van der Waals surface area contributed by atoms with Crippen molar-refractivity contribution in [3.05, 3.63) is 0 Å². The summed E-state index contributed by atoms with van der Waals surface area (Å²) in [5.41, 5.74) is 0. The van der Waals surface area contributed by atoms with Crippen molar-refractivity contribution in [2.75, 3.05) is 0 Å². The molecule has 4 nitrogen and oxygen atoms in total. The number of hydrogen-bond donors (Lipinski definition) is 1. The second kappa shape index (κ2) is 19.8. The van der Waals surface area contributed by atoms with Crippen molar-refractivity contribution in [2.24, 2.45) is 0 Å². The summed E-state index contributed by atoms with van der Waals surface area (Å²) in [5, 5.41) is 9.15. The van der Waals surface area contributed by atoms with Crippen molar-refractivity contribution < 1.29 is 69.5 Å². The van der Waals surface area contributed by atoms with E-state index in [0.717, 1.165) is 19.3 Å². The van der Waals surface area contributed by atoms with E-state index in [2.05, 4.69) is 6.92 Å². The van der Waals surface area contributed by atoms with Crippen LogP contribution >= 0.6 is 0 Å². The van der Waals surface area contributed by atoms with E-state index in [1.807, 2.05) is 6.92 Å². The van der Waals surface area contributed by atoms with Crippen molar-refractivity contribution >= 4 is 10.1 Å². The molecular weight excluding hydrogens is 375 g/mol. The van der Waals surface area contributed by atoms with Gasteiger partial charge in [0, 0.05) is 5.25 Å². The molecule has 0 bridgehead atoms. The first-order chi connectivity index (χ1) is 11.9. The van der Waals surface area contributed by atoms with E-state index >= 15 is 0 Å². The molecule has 0 aromatic carbocycles. The maximum Gasteiger partial charge on any atom is 1.00 e. The van der Waals surface area contributed by atoms with Crippen molar-refractivity contribution in [1.82, 2.24) is 0 Å². The molecule has 0 spiro atoms. The molecule has 1 N–H and O–H groups in total. The van der Waals surface area contributed by atoms with Gasteiger partial charge in [-0.2, -0.15) is 0 Å². The van der Waals surface area contributed by atoms with Crippen molar-refractivity contribution in [2.45, 2.75) is 128 Å². The largest absolute Gasteiger partial charge is 1.00 e. The Morgan fingerprint density at radius 3 is 1.58 bits per heavy atom. The summed E-state index contributed by atoms with van der Waals surface area (Å²) in [6.45, 7) is 4.12. The van der Waals surface area contributed by atoms with Crippen LogP contribution in [-0.4, -0.2) is 29.4 Å². The fourth-order valence-corrected chi connectivity index (χ4v) is 4.27. The molecule has 0 radical (unpaired) electrons. The van der Waals surface area contributed by atoms with Gasteiger partial charge in [-0.25, -0.2) is 8.42 Å². The molecule has 2 unspecified atom stereocenters. The molecule has 0 aliphatic heterocycles. The van der Waals surface area contributed by atoms with Gasteiger partial charge >= 0.3 is 51.4 Å². The van der Waals surface area contributed by atoms with Crippen LogP contribution in [0.4, 0.5) is 0 Å². The van der Waals surface area contributed by atoms with Crippen LogP contribution in [0.1, 0.15) is 117 Å². The van der Waals surface area contributed by atoms with Crippen molar-refractivity contribution in [3.8, 4) is 0 Å². The zero-order valence-electron chi connectivity index (χ0n) is 17.5. The van der Waals surface area contributed by atoms with Crippen LogP contribution in [0.15, 0.2) is 0 Å². The van der Waals surface area contributed by atoms with Crippen LogP contribution in [0, 0.1) is 0 Å². The smallest absolute Gasteiger partial charge is 0.748 e. The average Bonchev–Trinajstić information content (AvgIpc) is 2.55. The summed E-state index contributed by atoms with van der Waals surface area (Å²) in [5.74, 6) is 0. The van der Waals surface area contributed by atoms with Gasteiger partial charge in [-0.3, -0.25) is 0 Å². The van der Waals surface area contributed by atoms with Crippen molar-refractivity contribution in [3.63, 3.8) is 0 Å². The minimum Gasteiger partial charge on any atom is -0.748 e. The van der Waals surface area contributed by atoms with Crippen LogP contribution < -0.4 is 51.4 Å². The molecule has 152 valence electrons. The van der Waals surface area contributed by atoms with Gasteiger partial charge < -0.3 is 9.66 Å². The van der Waals surface area contributed by atoms with E-state index in [-0.39, 0.29) is 51.4 Å². The Morgan fingerprint density at radius 1 is 0.692 bits per heavy atom. The van der Waals surface area contributed by atoms with E-state index < -0.39 is 21.5 Å². The zero-order valence-corrected chi connectivity index (χ0v) is 21.5. The molecule has 0 fully saturated rings. The van der Waals surface area contributed by atoms with E-state index in [1.165, 1.54) is 57.8 Å². The Balaban J connectivity index is 0. The molecule has 26 heavy (non-hydrogen) atoms. The van der Waals surface area contributed by atoms with Gasteiger partial charge in [0.2, 0.25) is 0 Å². The van der Waals surface area contributed by atoms with Crippen LogP contribution in [0.5, 0.6) is 0 Å². The molecule has 0 aliphatic carbocycles. The second-order valence-electron chi connectivity index (χ2n) is 7.46. The standard InChI is InChI=1S/C20H42O4S.K/c1-3-5-6-7-8-9-10-11-12-13-14-16-19(21)17-18-20(15-4-2)25(22,23)24;/h19-21H,3-18H2,1-2H3,(H,22,23,24);/q;+1/p-1. The second-order valence-corrected chi connectivity index (χ2v) is 9.11. The molecule has 0 aromatic heterocycles. The summed E-state index contributed by atoms with van der Waals surface area (Å²) in [7, 11) is -4.23. The minimum atomic E-state index is -4.23. The molecule has 0 aliphatic rings. The van der Waals surface area contributed by atoms with E-state index in [4.69, 9.17) is 0 Å². The Morgan fingerprint density at radius 2 is 1.15 bits per heavy atom. The van der Waals surface area contributed by atoms with E-state index in [9.17, 15) is 18.1 Å². The first-order valence-corrected chi connectivity index (χ1v) is 12.0. The summed E-state index contributed by atoms with van der Waals surface area (Å²) in [6, 6.07) is 0. The number of aliphatic hydroxyl groups excluding tert-OH is 1. The maximum atomic E-state index is 11.2. The molecule has 0 saturated carbocycles. The minimum absolute atomic E-state index is 0.